The largest absolute Gasteiger partial charge is 1.00 e. The Balaban J connectivity index is 0.00000620. The maximum Gasteiger partial charge on any atom is 0.338 e. The van der Waals surface area contributed by atoms with Gasteiger partial charge in [0.25, 0.3) is 0 Å². The standard InChI is InChI=1S/C49H58ClN2O4.BrH/c1-9-51-41-29-26-36(46(54)56-47(2,3)4)33-39(41)49(7,8)42(51)30-27-34-19-18-20-35(45(34)50)28-31-43-48(5,6)38-23-15-16-24-40(38)52(43)32-17-11-14-25-44(53)55-37-21-12-10-13-22-37;/h10,12-13,15-16,21-24,26-30,33,35H,9,11,14,17-20,25,32H2,1-8H3;1H/q+1;/p-1/b30-27+;. The van der Waals surface area contributed by atoms with Crippen molar-refractivity contribution in [3.05, 3.63) is 130 Å². The topological polar surface area (TPSA) is 58.8 Å². The first-order valence-electron chi connectivity index (χ1n) is 20.3. The molecular weight excluding hydrogens is 796 g/mol. The molecule has 3 aliphatic rings. The van der Waals surface area contributed by atoms with Crippen molar-refractivity contribution in [1.29, 1.82) is 0 Å². The SMILES string of the molecule is CC[N+]1=C(/C=C/C2=C(Cl)C(C=C=C3N(CCCCCC(=O)Oc4ccccc4)c4ccccc4C3(C)C)CCC2)C(C)(C)c2cc(C(=O)OC(C)(C)C)ccc21.[Br-]. The number of para-hydroxylation sites is 2. The fourth-order valence-corrected chi connectivity index (χ4v) is 8.69. The van der Waals surface area contributed by atoms with Crippen molar-refractivity contribution in [2.75, 3.05) is 18.0 Å². The van der Waals surface area contributed by atoms with E-state index in [1.807, 2.05) is 51.1 Å². The first-order valence-corrected chi connectivity index (χ1v) is 20.7. The number of carbonyl (C=O) groups excluding carboxylic acids is 2. The molecule has 0 spiro atoms. The number of hydrogen-bond donors (Lipinski definition) is 0. The molecule has 0 N–H and O–H groups in total. The van der Waals surface area contributed by atoms with Gasteiger partial charge in [0.2, 0.25) is 5.69 Å². The van der Waals surface area contributed by atoms with Crippen molar-refractivity contribution >= 4 is 40.6 Å². The van der Waals surface area contributed by atoms with E-state index < -0.39 is 5.60 Å². The molecule has 0 bridgehead atoms. The summed E-state index contributed by atoms with van der Waals surface area (Å²) in [7, 11) is 0. The molecule has 3 aromatic carbocycles. The Hall–Kier alpha value is -4.16. The van der Waals surface area contributed by atoms with Gasteiger partial charge in [-0.1, -0.05) is 60.5 Å². The van der Waals surface area contributed by atoms with Crippen molar-refractivity contribution in [2.24, 2.45) is 5.92 Å². The van der Waals surface area contributed by atoms with E-state index in [0.717, 1.165) is 79.2 Å². The predicted molar refractivity (Wildman–Crippen MR) is 228 cm³/mol. The minimum Gasteiger partial charge on any atom is -1.00 e. The normalized spacial score (nSPS) is 18.2. The summed E-state index contributed by atoms with van der Waals surface area (Å²) in [6.45, 7) is 18.5. The highest BCUT2D eigenvalue weighted by Gasteiger charge is 2.44. The fraction of sp³-hybridized carbons (Fsp3) is 0.429. The van der Waals surface area contributed by atoms with Gasteiger partial charge in [0.15, 0.2) is 5.71 Å². The second-order valence-corrected chi connectivity index (χ2v) is 17.7. The Morgan fingerprint density at radius 3 is 2.37 bits per heavy atom. The van der Waals surface area contributed by atoms with E-state index in [-0.39, 0.29) is 45.7 Å². The number of esters is 2. The highest BCUT2D eigenvalue weighted by Crippen LogP contribution is 2.48. The van der Waals surface area contributed by atoms with Gasteiger partial charge in [-0.3, -0.25) is 4.79 Å². The third-order valence-electron chi connectivity index (χ3n) is 11.3. The summed E-state index contributed by atoms with van der Waals surface area (Å²) in [5.41, 5.74) is 11.5. The average Bonchev–Trinajstić information content (AvgIpc) is 3.51. The zero-order chi connectivity index (χ0) is 40.3. The highest BCUT2D eigenvalue weighted by molar-refractivity contribution is 6.30. The van der Waals surface area contributed by atoms with Crippen LogP contribution < -0.4 is 26.6 Å². The number of unbranched alkanes of at least 4 members (excludes halogenated alkanes) is 2. The summed E-state index contributed by atoms with van der Waals surface area (Å²) in [6.07, 6.45) is 12.7. The quantitative estimate of drug-likeness (QED) is 0.0600. The zero-order valence-electron chi connectivity index (χ0n) is 34.9. The lowest BCUT2D eigenvalue weighted by Crippen LogP contribution is -3.00. The van der Waals surface area contributed by atoms with E-state index in [2.05, 4.69) is 98.4 Å². The van der Waals surface area contributed by atoms with Crippen LogP contribution in [0.5, 0.6) is 5.75 Å². The molecule has 0 aromatic heterocycles. The van der Waals surface area contributed by atoms with E-state index in [9.17, 15) is 9.59 Å². The van der Waals surface area contributed by atoms with Gasteiger partial charge in [-0.2, -0.15) is 4.58 Å². The van der Waals surface area contributed by atoms with Crippen molar-refractivity contribution in [2.45, 2.75) is 117 Å². The Morgan fingerprint density at radius 1 is 0.930 bits per heavy atom. The molecule has 3 aromatic rings. The molecule has 57 heavy (non-hydrogen) atoms. The summed E-state index contributed by atoms with van der Waals surface area (Å²) >= 11 is 7.27. The number of halogens is 2. The Kier molecular flexibility index (Phi) is 14.0. The second kappa shape index (κ2) is 18.2. The van der Waals surface area contributed by atoms with Crippen LogP contribution >= 0.6 is 11.6 Å². The number of fused-ring (bicyclic) bond motifs is 2. The molecular formula is C49H58BrClN2O4. The third-order valence-corrected chi connectivity index (χ3v) is 11.8. The number of carbonyl (C=O) groups is 2. The Bertz CT molecular complexity index is 2130. The number of ether oxygens (including phenoxy) is 2. The molecule has 0 fully saturated rings. The van der Waals surface area contributed by atoms with Crippen LogP contribution in [0.4, 0.5) is 11.4 Å². The summed E-state index contributed by atoms with van der Waals surface area (Å²) in [4.78, 5) is 27.8. The van der Waals surface area contributed by atoms with E-state index in [1.165, 1.54) is 17.0 Å². The number of allylic oxidation sites excluding steroid dienone is 5. The van der Waals surface area contributed by atoms with Gasteiger partial charge in [0.1, 0.15) is 17.9 Å². The zero-order valence-corrected chi connectivity index (χ0v) is 37.2. The lowest BCUT2D eigenvalue weighted by atomic mass is 9.80. The summed E-state index contributed by atoms with van der Waals surface area (Å²) in [5, 5.41) is 0.882. The van der Waals surface area contributed by atoms with Crippen molar-refractivity contribution in [1.82, 2.24) is 0 Å². The van der Waals surface area contributed by atoms with E-state index >= 15 is 0 Å². The van der Waals surface area contributed by atoms with Crippen LogP contribution in [-0.2, 0) is 20.4 Å². The molecule has 1 atom stereocenters. The number of hydrogen-bond acceptors (Lipinski definition) is 5. The van der Waals surface area contributed by atoms with Gasteiger partial charge in [-0.05, 0) is 135 Å². The summed E-state index contributed by atoms with van der Waals surface area (Å²) < 4.78 is 13.5. The van der Waals surface area contributed by atoms with Crippen LogP contribution in [0.1, 0.15) is 122 Å². The second-order valence-electron chi connectivity index (χ2n) is 17.2. The minimum atomic E-state index is -0.557. The van der Waals surface area contributed by atoms with E-state index in [1.54, 1.807) is 12.1 Å². The van der Waals surface area contributed by atoms with Crippen molar-refractivity contribution < 1.29 is 40.6 Å². The fourth-order valence-electron chi connectivity index (χ4n) is 8.36. The molecule has 6 nitrogen and oxygen atoms in total. The molecule has 1 unspecified atom stereocenters. The molecule has 8 heteroatoms. The first-order chi connectivity index (χ1) is 26.6. The molecule has 2 heterocycles. The number of nitrogens with zero attached hydrogens (tertiary/aromatic N) is 2. The highest BCUT2D eigenvalue weighted by atomic mass is 79.9. The molecule has 1 aliphatic carbocycles. The Morgan fingerprint density at radius 2 is 1.65 bits per heavy atom. The lowest BCUT2D eigenvalue weighted by molar-refractivity contribution is -0.433. The predicted octanol–water partition coefficient (Wildman–Crippen LogP) is 8.89. The van der Waals surface area contributed by atoms with Gasteiger partial charge < -0.3 is 31.4 Å². The van der Waals surface area contributed by atoms with Gasteiger partial charge in [0, 0.05) is 52.7 Å². The van der Waals surface area contributed by atoms with Crippen LogP contribution in [0.3, 0.4) is 0 Å². The van der Waals surface area contributed by atoms with Gasteiger partial charge in [-0.25, -0.2) is 4.79 Å². The Labute approximate surface area is 355 Å². The molecule has 6 rings (SSSR count). The van der Waals surface area contributed by atoms with Crippen LogP contribution in [0.2, 0.25) is 0 Å². The summed E-state index contributed by atoms with van der Waals surface area (Å²) in [5.74, 6) is 0.175. The maximum atomic E-state index is 13.0. The van der Waals surface area contributed by atoms with Crippen LogP contribution in [-0.4, -0.2) is 40.9 Å². The number of rotatable bonds is 12. The maximum absolute atomic E-state index is 13.0. The lowest BCUT2D eigenvalue weighted by Gasteiger charge is -2.26. The summed E-state index contributed by atoms with van der Waals surface area (Å²) in [6, 6.07) is 23.8. The van der Waals surface area contributed by atoms with Gasteiger partial charge in [0.05, 0.1) is 16.7 Å². The van der Waals surface area contributed by atoms with Crippen LogP contribution in [0.15, 0.2) is 113 Å². The number of anilines is 1. The first kappa shape index (κ1) is 44.0. The van der Waals surface area contributed by atoms with Gasteiger partial charge in [-0.15, -0.1) is 5.73 Å². The smallest absolute Gasteiger partial charge is 0.338 e. The van der Waals surface area contributed by atoms with Crippen molar-refractivity contribution in [3.8, 4) is 5.75 Å². The number of benzene rings is 3. The van der Waals surface area contributed by atoms with E-state index in [0.29, 0.717) is 17.7 Å². The molecule has 0 amide bonds. The molecule has 0 saturated carbocycles. The molecule has 302 valence electrons. The monoisotopic (exact) mass is 852 g/mol. The van der Waals surface area contributed by atoms with Crippen LogP contribution in [0.25, 0.3) is 0 Å². The van der Waals surface area contributed by atoms with Gasteiger partial charge >= 0.3 is 11.9 Å². The third kappa shape index (κ3) is 9.76. The molecule has 0 radical (unpaired) electrons. The molecule has 0 saturated heterocycles. The minimum absolute atomic E-state index is 0. The average molecular weight is 854 g/mol. The molecule has 2 aliphatic heterocycles. The van der Waals surface area contributed by atoms with Crippen LogP contribution in [0, 0.1) is 5.92 Å². The van der Waals surface area contributed by atoms with Crippen molar-refractivity contribution in [3.63, 3.8) is 0 Å². The van der Waals surface area contributed by atoms with E-state index in [4.69, 9.17) is 21.1 Å².